The van der Waals surface area contributed by atoms with E-state index in [0.29, 0.717) is 11.3 Å². The maximum Gasteiger partial charge on any atom is 0.188 e. The van der Waals surface area contributed by atoms with E-state index in [-0.39, 0.29) is 0 Å². The highest BCUT2D eigenvalue weighted by Crippen LogP contribution is 2.63. The predicted molar refractivity (Wildman–Crippen MR) is 278 cm³/mol. The van der Waals surface area contributed by atoms with Crippen LogP contribution in [-0.4, -0.2) is 19.1 Å². The van der Waals surface area contributed by atoms with Crippen molar-refractivity contribution in [3.63, 3.8) is 0 Å². The maximum atomic E-state index is 10.0. The van der Waals surface area contributed by atoms with Crippen molar-refractivity contribution < 1.29 is 4.74 Å². The minimum absolute atomic E-state index is 0.532. The van der Waals surface area contributed by atoms with Crippen LogP contribution in [0.4, 0.5) is 22.7 Å². The van der Waals surface area contributed by atoms with Crippen LogP contribution in [0.1, 0.15) is 27.8 Å². The van der Waals surface area contributed by atoms with Crippen LogP contribution in [0, 0.1) is 17.9 Å². The molecule has 0 saturated carbocycles. The number of para-hydroxylation sites is 5. The quantitative estimate of drug-likeness (QED) is 0.164. The third-order valence-corrected chi connectivity index (χ3v) is 15.6. The lowest BCUT2D eigenvalue weighted by molar-refractivity contribution is 0.436. The molecule has 8 nitrogen and oxygen atoms in total. The molecule has 70 heavy (non-hydrogen) atoms. The van der Waals surface area contributed by atoms with Crippen molar-refractivity contribution in [3.8, 4) is 40.3 Å². The molecule has 0 bridgehead atoms. The Morgan fingerprint density at radius 2 is 1.04 bits per heavy atom. The van der Waals surface area contributed by atoms with E-state index in [4.69, 9.17) is 21.3 Å². The van der Waals surface area contributed by atoms with Gasteiger partial charge < -0.3 is 18.8 Å². The molecule has 0 fully saturated rings. The van der Waals surface area contributed by atoms with Crippen molar-refractivity contribution >= 4 is 78.1 Å². The van der Waals surface area contributed by atoms with Crippen LogP contribution in [0.2, 0.25) is 0 Å². The van der Waals surface area contributed by atoms with E-state index in [2.05, 4.69) is 171 Å². The molecular formula is C61H33N7OS. The molecule has 0 N–H and O–H groups in total. The summed E-state index contributed by atoms with van der Waals surface area (Å²) >= 11 is 1.79. The number of ether oxygens (including phenoxy) is 1. The van der Waals surface area contributed by atoms with Crippen molar-refractivity contribution in [2.75, 3.05) is 4.90 Å². The van der Waals surface area contributed by atoms with Crippen LogP contribution in [-0.2, 0) is 5.41 Å². The summed E-state index contributed by atoms with van der Waals surface area (Å²) in [4.78, 5) is 19.4. The van der Waals surface area contributed by atoms with Gasteiger partial charge >= 0.3 is 0 Å². The lowest BCUT2D eigenvalue weighted by atomic mass is 9.66. The van der Waals surface area contributed by atoms with E-state index in [9.17, 15) is 5.26 Å². The van der Waals surface area contributed by atoms with Crippen molar-refractivity contribution in [1.82, 2.24) is 19.1 Å². The summed E-state index contributed by atoms with van der Waals surface area (Å²) in [6.45, 7) is 7.88. The molecule has 15 rings (SSSR count). The number of nitrogens with zero attached hydrogens (tertiary/aromatic N) is 7. The number of anilines is 3. The van der Waals surface area contributed by atoms with Gasteiger partial charge in [-0.05, 0) is 109 Å². The predicted octanol–water partition coefficient (Wildman–Crippen LogP) is 15.5. The van der Waals surface area contributed by atoms with Gasteiger partial charge in [-0.3, -0.25) is 9.97 Å². The van der Waals surface area contributed by atoms with Gasteiger partial charge in [0.25, 0.3) is 0 Å². The Kier molecular flexibility index (Phi) is 7.90. The fourth-order valence-corrected chi connectivity index (χ4v) is 12.7. The zero-order valence-electron chi connectivity index (χ0n) is 37.0. The molecule has 9 heteroatoms. The Labute approximate surface area is 405 Å². The van der Waals surface area contributed by atoms with Crippen LogP contribution < -0.4 is 9.64 Å². The smallest absolute Gasteiger partial charge is 0.188 e. The van der Waals surface area contributed by atoms with E-state index >= 15 is 0 Å². The van der Waals surface area contributed by atoms with Crippen LogP contribution in [0.15, 0.2) is 210 Å². The van der Waals surface area contributed by atoms with Crippen molar-refractivity contribution in [1.29, 1.82) is 5.26 Å². The molecule has 8 aromatic carbocycles. The Hall–Kier alpha value is -9.41. The minimum Gasteiger partial charge on any atom is -0.457 e. The molecule has 2 aliphatic heterocycles. The van der Waals surface area contributed by atoms with Gasteiger partial charge in [-0.15, -0.1) is 0 Å². The van der Waals surface area contributed by atoms with Gasteiger partial charge in [-0.1, -0.05) is 96.7 Å². The number of aromatic nitrogens is 4. The second-order valence-electron chi connectivity index (χ2n) is 17.9. The molecular weight excluding hydrogens is 879 g/mol. The highest BCUT2D eigenvalue weighted by molar-refractivity contribution is 7.99. The van der Waals surface area contributed by atoms with Crippen molar-refractivity contribution in [3.05, 3.63) is 240 Å². The molecule has 324 valence electrons. The van der Waals surface area contributed by atoms with Gasteiger partial charge in [0.05, 0.1) is 92.2 Å². The lowest BCUT2D eigenvalue weighted by Gasteiger charge is -2.40. The first kappa shape index (κ1) is 38.7. The van der Waals surface area contributed by atoms with E-state index in [1.807, 2.05) is 54.9 Å². The zero-order valence-corrected chi connectivity index (χ0v) is 37.8. The Balaban J connectivity index is 1.06. The van der Waals surface area contributed by atoms with Gasteiger partial charge in [0, 0.05) is 53.9 Å². The topological polar surface area (TPSA) is 76.3 Å². The fraction of sp³-hybridized carbons (Fsp3) is 0.0164. The minimum atomic E-state index is -0.983. The van der Waals surface area contributed by atoms with Gasteiger partial charge in [-0.25, -0.2) is 4.85 Å². The number of fused-ring (bicyclic) bond motifs is 17. The number of pyridine rings is 2. The molecule has 1 atom stereocenters. The van der Waals surface area contributed by atoms with Crippen LogP contribution in [0.3, 0.4) is 0 Å². The molecule has 3 aliphatic rings. The largest absolute Gasteiger partial charge is 0.457 e. The third-order valence-electron chi connectivity index (χ3n) is 14.5. The SMILES string of the molecule is [C-]#[N+]c1ccc2c(c1)c1cc(C#N)ccc1n2-c1cnc2c(c1)C1(c3ccccc3Oc3ccc(N4c5ccccc5Sc5ccccc54)cc31)c1cc(-n3c4ccccc4c4ccccc43)cnc1-2. The second-order valence-corrected chi connectivity index (χ2v) is 19.0. The molecule has 1 unspecified atom stereocenters. The standard InChI is InChI=1S/C61H33N7OS/c1-63-37-23-26-52-44(29-37)43-28-36(33-62)22-25-51(43)68(52)40-32-48-60(65-35-40)59-47(31-39(34-64-59)67-49-15-5-2-12-41(49)42-13-3-6-16-50(42)67)61(48)45-14-4-9-19-55(45)69-56-27-24-38(30-46(56)61)66-53-17-7-10-20-57(53)70-58-21-11-8-18-54(58)66/h2-32,34-35H. The number of hydrogen-bond acceptors (Lipinski definition) is 6. The zero-order chi connectivity index (χ0) is 46.2. The van der Waals surface area contributed by atoms with Crippen LogP contribution in [0.25, 0.3) is 71.2 Å². The number of rotatable bonds is 3. The average Bonchev–Trinajstić information content (AvgIpc) is 4.03. The van der Waals surface area contributed by atoms with Gasteiger partial charge in [0.2, 0.25) is 0 Å². The highest BCUT2D eigenvalue weighted by Gasteiger charge is 2.53. The van der Waals surface area contributed by atoms with Gasteiger partial charge in [0.1, 0.15) is 11.5 Å². The molecule has 0 saturated heterocycles. The highest BCUT2D eigenvalue weighted by atomic mass is 32.2. The monoisotopic (exact) mass is 911 g/mol. The third kappa shape index (κ3) is 5.13. The lowest BCUT2D eigenvalue weighted by Crippen LogP contribution is -2.33. The summed E-state index contributed by atoms with van der Waals surface area (Å²) in [5, 5.41) is 14.2. The van der Waals surface area contributed by atoms with E-state index in [1.165, 1.54) is 20.6 Å². The Bertz CT molecular complexity index is 4210. The Morgan fingerprint density at radius 1 is 0.500 bits per heavy atom. The first-order valence-corrected chi connectivity index (χ1v) is 23.9. The van der Waals surface area contributed by atoms with E-state index in [0.717, 1.165) is 106 Å². The molecule has 6 heterocycles. The average molecular weight is 912 g/mol. The molecule has 12 aromatic rings. The summed E-state index contributed by atoms with van der Waals surface area (Å²) < 4.78 is 11.6. The van der Waals surface area contributed by atoms with Gasteiger partial charge in [0.15, 0.2) is 5.69 Å². The van der Waals surface area contributed by atoms with E-state index < -0.39 is 5.41 Å². The van der Waals surface area contributed by atoms with E-state index in [1.54, 1.807) is 11.8 Å². The first-order chi connectivity index (χ1) is 34.6. The fourth-order valence-electron chi connectivity index (χ4n) is 11.6. The van der Waals surface area contributed by atoms with Crippen molar-refractivity contribution in [2.45, 2.75) is 15.2 Å². The molecule has 0 amide bonds. The Morgan fingerprint density at radius 3 is 1.70 bits per heavy atom. The first-order valence-electron chi connectivity index (χ1n) is 23.0. The molecule has 1 aliphatic carbocycles. The van der Waals surface area contributed by atoms with Crippen LogP contribution >= 0.6 is 11.8 Å². The summed E-state index contributed by atoms with van der Waals surface area (Å²) in [5.74, 6) is 1.50. The summed E-state index contributed by atoms with van der Waals surface area (Å²) in [6, 6.07) is 67.9. The summed E-state index contributed by atoms with van der Waals surface area (Å²) in [6.07, 6.45) is 3.93. The van der Waals surface area contributed by atoms with Crippen LogP contribution in [0.5, 0.6) is 11.5 Å². The number of nitriles is 1. The second kappa shape index (κ2) is 14.3. The summed E-state index contributed by atoms with van der Waals surface area (Å²) in [7, 11) is 0. The number of hydrogen-bond donors (Lipinski definition) is 0. The molecule has 4 aromatic heterocycles. The van der Waals surface area contributed by atoms with Gasteiger partial charge in [-0.2, -0.15) is 5.26 Å². The number of benzene rings is 8. The maximum absolute atomic E-state index is 10.0. The molecule has 1 spiro atoms. The van der Waals surface area contributed by atoms with Crippen molar-refractivity contribution in [2.24, 2.45) is 0 Å². The summed E-state index contributed by atoms with van der Waals surface area (Å²) in [5.41, 5.74) is 14.6. The molecule has 0 radical (unpaired) electrons. The normalized spacial score (nSPS) is 14.9.